The van der Waals surface area contributed by atoms with Crippen molar-refractivity contribution in [2.75, 3.05) is 6.61 Å². The summed E-state index contributed by atoms with van der Waals surface area (Å²) in [6.45, 7) is 4.38. The maximum Gasteiger partial charge on any atom is 0.331 e. The Kier molecular flexibility index (Phi) is 5.31. The Morgan fingerprint density at radius 2 is 2.39 bits per heavy atom. The molecule has 1 aromatic heterocycles. The van der Waals surface area contributed by atoms with Crippen molar-refractivity contribution in [3.63, 3.8) is 0 Å². The molecule has 18 heavy (non-hydrogen) atoms. The highest BCUT2D eigenvalue weighted by Gasteiger charge is 2.29. The first-order chi connectivity index (χ1) is 8.63. The van der Waals surface area contributed by atoms with Crippen LogP contribution in [0.4, 0.5) is 0 Å². The van der Waals surface area contributed by atoms with Gasteiger partial charge in [-0.25, -0.2) is 4.79 Å². The van der Waals surface area contributed by atoms with Crippen molar-refractivity contribution in [2.45, 2.75) is 32.5 Å². The number of carbonyl (C=O) groups excluding carboxylic acids is 2. The van der Waals surface area contributed by atoms with Gasteiger partial charge in [0.25, 0.3) is 0 Å². The number of aliphatic hydroxyl groups excluding tert-OH is 1. The average Bonchev–Trinajstić information content (AvgIpc) is 2.84. The van der Waals surface area contributed by atoms with Gasteiger partial charge in [-0.15, -0.1) is 0 Å². The molecule has 0 bridgehead atoms. The van der Waals surface area contributed by atoms with Gasteiger partial charge in [0.15, 0.2) is 6.04 Å². The maximum atomic E-state index is 11.6. The van der Waals surface area contributed by atoms with Gasteiger partial charge in [-0.2, -0.15) is 5.10 Å². The van der Waals surface area contributed by atoms with Crippen LogP contribution in [0.1, 0.15) is 25.5 Å². The molecule has 0 saturated carbocycles. The third-order valence-electron chi connectivity index (χ3n) is 2.42. The number of amides is 1. The van der Waals surface area contributed by atoms with E-state index in [1.807, 2.05) is 6.92 Å². The van der Waals surface area contributed by atoms with Gasteiger partial charge in [0.1, 0.15) is 6.10 Å². The Morgan fingerprint density at radius 3 is 2.89 bits per heavy atom. The molecule has 2 N–H and O–H groups in total. The van der Waals surface area contributed by atoms with Gasteiger partial charge in [0.05, 0.1) is 12.8 Å². The van der Waals surface area contributed by atoms with E-state index >= 15 is 0 Å². The van der Waals surface area contributed by atoms with Crippen LogP contribution in [0, 0.1) is 0 Å². The number of nitrogens with one attached hydrogen (secondary N) is 1. The van der Waals surface area contributed by atoms with E-state index in [1.165, 1.54) is 6.20 Å². The summed E-state index contributed by atoms with van der Waals surface area (Å²) in [5.74, 6) is -0.679. The second-order valence-corrected chi connectivity index (χ2v) is 3.59. The zero-order chi connectivity index (χ0) is 13.5. The monoisotopic (exact) mass is 255 g/mol. The van der Waals surface area contributed by atoms with Crippen LogP contribution >= 0.6 is 0 Å². The van der Waals surface area contributed by atoms with Crippen LogP contribution in [-0.4, -0.2) is 39.9 Å². The number of aliphatic hydroxyl groups is 1. The minimum absolute atomic E-state index is 0.177. The van der Waals surface area contributed by atoms with Gasteiger partial charge >= 0.3 is 5.97 Å². The molecular weight excluding hydrogens is 238 g/mol. The van der Waals surface area contributed by atoms with Crippen molar-refractivity contribution in [2.24, 2.45) is 0 Å². The van der Waals surface area contributed by atoms with Crippen LogP contribution < -0.4 is 5.32 Å². The van der Waals surface area contributed by atoms with Crippen molar-refractivity contribution >= 4 is 12.4 Å². The van der Waals surface area contributed by atoms with Gasteiger partial charge in [-0.05, 0) is 13.8 Å². The van der Waals surface area contributed by atoms with E-state index in [9.17, 15) is 14.7 Å². The molecule has 1 aromatic rings. The molecular formula is C11H17N3O4. The molecule has 7 nitrogen and oxygen atoms in total. The van der Waals surface area contributed by atoms with E-state index in [-0.39, 0.29) is 6.61 Å². The zero-order valence-corrected chi connectivity index (χ0v) is 10.4. The van der Waals surface area contributed by atoms with Crippen molar-refractivity contribution in [1.82, 2.24) is 15.1 Å². The minimum atomic E-state index is -1.19. The van der Waals surface area contributed by atoms with Crippen molar-refractivity contribution in [1.29, 1.82) is 0 Å². The van der Waals surface area contributed by atoms with E-state index in [1.54, 1.807) is 17.8 Å². The van der Waals surface area contributed by atoms with Crippen molar-refractivity contribution < 1.29 is 19.4 Å². The van der Waals surface area contributed by atoms with Crippen LogP contribution in [0.25, 0.3) is 0 Å². The Hall–Kier alpha value is -1.89. The molecule has 2 unspecified atom stereocenters. The summed E-state index contributed by atoms with van der Waals surface area (Å²) >= 11 is 0. The summed E-state index contributed by atoms with van der Waals surface area (Å²) in [4.78, 5) is 22.1. The maximum absolute atomic E-state index is 11.6. The van der Waals surface area contributed by atoms with Crippen molar-refractivity contribution in [3.8, 4) is 0 Å². The number of hydrogen-bond donors (Lipinski definition) is 2. The second kappa shape index (κ2) is 6.75. The van der Waals surface area contributed by atoms with Crippen LogP contribution in [0.5, 0.6) is 0 Å². The van der Waals surface area contributed by atoms with Gasteiger partial charge in [0, 0.05) is 18.3 Å². The lowest BCUT2D eigenvalue weighted by Gasteiger charge is -2.19. The Morgan fingerprint density at radius 1 is 1.67 bits per heavy atom. The first-order valence-electron chi connectivity index (χ1n) is 5.70. The van der Waals surface area contributed by atoms with Gasteiger partial charge < -0.3 is 15.2 Å². The van der Waals surface area contributed by atoms with E-state index < -0.39 is 18.1 Å². The third kappa shape index (κ3) is 3.30. The molecule has 0 aromatic carbocycles. The fraction of sp³-hybridized carbons (Fsp3) is 0.545. The lowest BCUT2D eigenvalue weighted by atomic mass is 10.1. The van der Waals surface area contributed by atoms with E-state index in [2.05, 4.69) is 10.4 Å². The van der Waals surface area contributed by atoms with E-state index in [0.29, 0.717) is 18.5 Å². The Bertz CT molecular complexity index is 405. The number of esters is 1. The van der Waals surface area contributed by atoms with Crippen LogP contribution in [-0.2, 0) is 20.9 Å². The molecule has 0 aliphatic carbocycles. The van der Waals surface area contributed by atoms with Crippen LogP contribution in [0.3, 0.4) is 0 Å². The zero-order valence-electron chi connectivity index (χ0n) is 10.4. The largest absolute Gasteiger partial charge is 0.464 e. The quantitative estimate of drug-likeness (QED) is 0.511. The van der Waals surface area contributed by atoms with Crippen LogP contribution in [0.15, 0.2) is 12.4 Å². The Balaban J connectivity index is 2.83. The highest BCUT2D eigenvalue weighted by molar-refractivity contribution is 5.79. The highest BCUT2D eigenvalue weighted by atomic mass is 16.5. The molecule has 0 saturated heterocycles. The summed E-state index contributed by atoms with van der Waals surface area (Å²) in [6.07, 6.45) is 2.24. The fourth-order valence-electron chi connectivity index (χ4n) is 1.49. The first kappa shape index (κ1) is 14.2. The van der Waals surface area contributed by atoms with E-state index in [4.69, 9.17) is 4.74 Å². The lowest BCUT2D eigenvalue weighted by Crippen LogP contribution is -2.42. The average molecular weight is 255 g/mol. The number of aromatic nitrogens is 2. The molecule has 2 atom stereocenters. The first-order valence-corrected chi connectivity index (χ1v) is 5.70. The standard InChI is InChI=1S/C11H17N3O4/c1-3-14-6-8(5-13-14)10(16)9(12-7-15)11(17)18-4-2/h5-7,9-10,16H,3-4H2,1-2H3,(H,12,15). The molecule has 1 rings (SSSR count). The SMILES string of the molecule is CCOC(=O)C(NC=O)C(O)c1cnn(CC)c1. The smallest absolute Gasteiger partial charge is 0.331 e. The predicted molar refractivity (Wildman–Crippen MR) is 62.5 cm³/mol. The highest BCUT2D eigenvalue weighted by Crippen LogP contribution is 2.17. The molecule has 7 heteroatoms. The number of rotatable bonds is 7. The second-order valence-electron chi connectivity index (χ2n) is 3.59. The topological polar surface area (TPSA) is 93.4 Å². The number of carbonyl (C=O) groups is 2. The molecule has 1 heterocycles. The number of hydrogen-bond acceptors (Lipinski definition) is 5. The van der Waals surface area contributed by atoms with Crippen LogP contribution in [0.2, 0.25) is 0 Å². The molecule has 0 radical (unpaired) electrons. The van der Waals surface area contributed by atoms with E-state index in [0.717, 1.165) is 0 Å². The summed E-state index contributed by atoms with van der Waals surface area (Å²) in [5.41, 5.74) is 0.448. The molecule has 100 valence electrons. The fourth-order valence-corrected chi connectivity index (χ4v) is 1.49. The normalized spacial score (nSPS) is 13.7. The van der Waals surface area contributed by atoms with Gasteiger partial charge in [-0.1, -0.05) is 0 Å². The van der Waals surface area contributed by atoms with Gasteiger partial charge in [-0.3, -0.25) is 9.48 Å². The molecule has 0 fully saturated rings. The summed E-state index contributed by atoms with van der Waals surface area (Å²) in [6, 6.07) is -1.13. The molecule has 0 spiro atoms. The summed E-state index contributed by atoms with van der Waals surface area (Å²) in [5, 5.41) is 16.3. The lowest BCUT2D eigenvalue weighted by molar-refractivity contribution is -0.149. The molecule has 1 amide bonds. The van der Waals surface area contributed by atoms with Gasteiger partial charge in [0.2, 0.25) is 6.41 Å². The summed E-state index contributed by atoms with van der Waals surface area (Å²) < 4.78 is 6.40. The number of nitrogens with zero attached hydrogens (tertiary/aromatic N) is 2. The third-order valence-corrected chi connectivity index (χ3v) is 2.42. The number of ether oxygens (including phenoxy) is 1. The minimum Gasteiger partial charge on any atom is -0.464 e. The van der Waals surface area contributed by atoms with Crippen molar-refractivity contribution in [3.05, 3.63) is 18.0 Å². The number of aryl methyl sites for hydroxylation is 1. The molecule has 0 aliphatic rings. The Labute approximate surface area is 105 Å². The predicted octanol–water partition coefficient (Wildman–Crippen LogP) is -0.386. The molecule has 0 aliphatic heterocycles. The summed E-state index contributed by atoms with van der Waals surface area (Å²) in [7, 11) is 0.